The van der Waals surface area contributed by atoms with E-state index in [1.165, 1.54) is 36.0 Å². The Balaban J connectivity index is 0.000000121. The minimum atomic E-state index is -3.98. The molecule has 5 N–H and O–H groups in total. The molecule has 0 aliphatic carbocycles. The fourth-order valence-corrected chi connectivity index (χ4v) is 23.1. The van der Waals surface area contributed by atoms with Crippen LogP contribution in [0.3, 0.4) is 0 Å². The zero-order valence-corrected chi connectivity index (χ0v) is 84.4. The van der Waals surface area contributed by atoms with Gasteiger partial charge in [-0.25, -0.2) is 57.1 Å². The van der Waals surface area contributed by atoms with E-state index in [1.807, 2.05) is 190 Å². The Kier molecular flexibility index (Phi) is 29.6. The first-order valence-corrected chi connectivity index (χ1v) is 51.3. The molecule has 1 radical (unpaired) electrons. The first kappa shape index (κ1) is 98.4. The molecule has 22 rings (SSSR count). The van der Waals surface area contributed by atoms with Crippen molar-refractivity contribution in [3.8, 4) is 61.8 Å². The molecular weight excluding hydrogens is 2080 g/mol. The molecule has 141 heavy (non-hydrogen) atoms. The Bertz CT molecular complexity index is 8460. The number of hydrogen-bond donors (Lipinski definition) is 5. The predicted octanol–water partition coefficient (Wildman–Crippen LogP) is 19.7. The molecule has 12 heterocycles. The van der Waals surface area contributed by atoms with Crippen LogP contribution in [0.2, 0.25) is 0 Å². The number of ketones is 2. The van der Waals surface area contributed by atoms with E-state index in [0.29, 0.717) is 89.1 Å². The third-order valence-electron chi connectivity index (χ3n) is 23.5. The second-order valence-corrected chi connectivity index (χ2v) is 41.9. The van der Waals surface area contributed by atoms with Gasteiger partial charge < -0.3 is 30.0 Å². The average Bonchev–Trinajstić information content (AvgIpc) is 1.63. The number of nitrogens with one attached hydrogen (secondary N) is 2. The average molecular weight is 2170 g/mol. The number of pyridine rings is 4. The zero-order valence-electron chi connectivity index (χ0n) is 76.6. The number of Topliss-reactive ketones (excluding diaryl/α,β-unsaturated/α-hetero) is 2. The maximum absolute atomic E-state index is 14.1. The summed E-state index contributed by atoms with van der Waals surface area (Å²) >= 11 is 8.97. The largest absolute Gasteiger partial charge is 0.569 e. The topological polar surface area (TPSA) is 367 Å². The van der Waals surface area contributed by atoms with E-state index in [4.69, 9.17) is 19.7 Å². The van der Waals surface area contributed by atoms with Crippen molar-refractivity contribution in [2.24, 2.45) is 20.0 Å². The Labute approximate surface area is 845 Å². The Morgan fingerprint density at radius 2 is 0.837 bits per heavy atom. The van der Waals surface area contributed by atoms with Crippen LogP contribution < -0.4 is 15.4 Å². The van der Waals surface area contributed by atoms with Gasteiger partial charge in [0.05, 0.1) is 56.0 Å². The minimum Gasteiger partial charge on any atom is -0.537 e. The third kappa shape index (κ3) is 21.9. The number of aromatic nitrogens is 8. The lowest BCUT2D eigenvalue weighted by Crippen LogP contribution is -2.29. The first-order chi connectivity index (χ1) is 67.8. The van der Waals surface area contributed by atoms with Crippen molar-refractivity contribution in [1.82, 2.24) is 36.8 Å². The summed E-state index contributed by atoms with van der Waals surface area (Å²) in [5.41, 5.74) is 25.7. The molecule has 18 aromatic rings. The molecule has 10 aromatic carbocycles. The van der Waals surface area contributed by atoms with E-state index in [0.717, 1.165) is 149 Å². The molecule has 4 aliphatic rings. The molecular formula is C107H87B2Br2IN13O13S3. The quantitative estimate of drug-likeness (QED) is 0.0371. The number of halogens is 3. The zero-order chi connectivity index (χ0) is 99.1. The minimum absolute atomic E-state index is 0.0836. The summed E-state index contributed by atoms with van der Waals surface area (Å²) in [7, 11) is -12.3. The molecule has 1 amide bonds. The van der Waals surface area contributed by atoms with Gasteiger partial charge in [0, 0.05) is 111 Å². The van der Waals surface area contributed by atoms with Gasteiger partial charge in [-0.2, -0.15) is 0 Å². The highest BCUT2D eigenvalue weighted by molar-refractivity contribution is 14.1. The lowest BCUT2D eigenvalue weighted by atomic mass is 9.80. The van der Waals surface area contributed by atoms with E-state index < -0.39 is 37.2 Å². The number of aliphatic imine (C=N–C) groups is 4. The Morgan fingerprint density at radius 1 is 0.433 bits per heavy atom. The summed E-state index contributed by atoms with van der Waals surface area (Å²) in [6.45, 7) is 13.0. The fourth-order valence-electron chi connectivity index (χ4n) is 16.7. The summed E-state index contributed by atoms with van der Waals surface area (Å²) < 4.78 is 92.3. The van der Waals surface area contributed by atoms with E-state index in [-0.39, 0.29) is 32.2 Å². The number of carbonyl (C=O) groups excluding carboxylic acids is 3. The number of amides is 1. The number of benzene rings is 10. The van der Waals surface area contributed by atoms with Crippen molar-refractivity contribution in [3.63, 3.8) is 0 Å². The van der Waals surface area contributed by atoms with Crippen LogP contribution in [0.5, 0.6) is 5.75 Å². The lowest BCUT2D eigenvalue weighted by Gasteiger charge is -2.13. The van der Waals surface area contributed by atoms with Gasteiger partial charge in [0.1, 0.15) is 23.0 Å². The van der Waals surface area contributed by atoms with Gasteiger partial charge in [0.2, 0.25) is 5.91 Å². The van der Waals surface area contributed by atoms with Crippen LogP contribution >= 0.6 is 54.5 Å². The van der Waals surface area contributed by atoms with Crippen molar-refractivity contribution in [3.05, 3.63) is 377 Å². The standard InChI is InChI=1S/C31H25N3O3S.C24H19N3O.C22H16BrN3O2S.C14H10BrIN2O2S.C8H10BNO3.C8H7BNO2/c1-20-6-10-27(11-7-20)38(36,37)34-30(24-8-9-25-18-32-19-26(25)16-24)17-29-28(12-13-33-31(29)34)23-5-3-4-22(15-23)14-21(2)35;1-15(28)9-16-3-2-4-17(10-16)21-7-8-26-24-22(21)12-23(27-24)18-5-6-19-13-25-14-20(19)11-18;1-14-2-6-18(7-3-14)29(27,28)26-21(11-19-20(23)8-9-25-22(19)26)15-4-5-16-12-24-13-17(16)10-15;1-9-2-4-10(5-3-9)21(19,20)18-13(16)8-11-12(15)6-7-17-14(11)18;1-6(11)10-8-4-2-3-7(5-8)9(12)13;11-9-12-8-2-1-6-4-10-5-7(6)3-8/h3-13,15-18H,14,19H2,1-2H3;2-8,10-13H,9,14H2,1H3,(H,26,27);2-12H,13H2,1H3;2-8H,1H3;2-5,12-13H,1H3,(H,10,11);1-4,11H,5H2. The number of hydrogen-bond acceptors (Lipinski definition) is 21. The van der Waals surface area contributed by atoms with Gasteiger partial charge >= 0.3 is 14.8 Å². The summed E-state index contributed by atoms with van der Waals surface area (Å²) in [6, 6.07) is 82.0. The highest BCUT2D eigenvalue weighted by atomic mass is 127. The van der Waals surface area contributed by atoms with Gasteiger partial charge in [-0.15, -0.1) is 0 Å². The summed E-state index contributed by atoms with van der Waals surface area (Å²) in [6.07, 6.45) is 14.9. The molecule has 26 nitrogen and oxygen atoms in total. The molecule has 0 fully saturated rings. The fraction of sp³-hybridized carbons (Fsp3) is 0.112. The van der Waals surface area contributed by atoms with E-state index in [9.17, 15) is 39.6 Å². The molecule has 0 atom stereocenters. The number of nitrogens with zero attached hydrogens (tertiary/aromatic N) is 11. The molecule has 0 unspecified atom stereocenters. The Morgan fingerprint density at radius 3 is 1.30 bits per heavy atom. The van der Waals surface area contributed by atoms with E-state index >= 15 is 0 Å². The highest BCUT2D eigenvalue weighted by Crippen LogP contribution is 2.42. The smallest absolute Gasteiger partial charge is 0.537 e. The van der Waals surface area contributed by atoms with Crippen LogP contribution in [-0.2, 0) is 83.5 Å². The summed E-state index contributed by atoms with van der Waals surface area (Å²) in [5.74, 6) is 0.702. The molecule has 0 saturated heterocycles. The van der Waals surface area contributed by atoms with E-state index in [2.05, 4.69) is 118 Å². The van der Waals surface area contributed by atoms with Gasteiger partial charge in [-0.05, 0) is 323 Å². The van der Waals surface area contributed by atoms with Crippen molar-refractivity contribution >= 4 is 197 Å². The van der Waals surface area contributed by atoms with Crippen LogP contribution in [0.4, 0.5) is 5.69 Å². The number of rotatable bonds is 19. The van der Waals surface area contributed by atoms with Crippen LogP contribution in [0.15, 0.2) is 335 Å². The van der Waals surface area contributed by atoms with Gasteiger partial charge in [-0.1, -0.05) is 150 Å². The first-order valence-electron chi connectivity index (χ1n) is 44.3. The number of anilines is 1. The molecule has 4 aliphatic heterocycles. The SMILES string of the molecule is CC(=O)Cc1cccc(-c2ccnc3[nH]c(-c4ccc5c(c4)CN=C5)cc23)c1.CC(=O)Cc1cccc(-c2ccnc3c2cc(-c2ccc4c(c2)CN=C4)n3S(=O)(=O)c2ccc(C)cc2)c1.CC(=O)Nc1cccc(B(O)O)c1.Cc1ccc(S(=O)(=O)n2c(-c3ccc4c(c3)CN=C4)cc3c(Br)ccnc32)cc1.Cc1ccc(S(=O)(=O)n2c(I)cc3c(Br)ccnc32)cc1.O[B]Oc1ccc2c(c1)CN=C2. The van der Waals surface area contributed by atoms with Crippen LogP contribution in [0, 0.1) is 24.5 Å². The van der Waals surface area contributed by atoms with Crippen molar-refractivity contribution in [2.45, 2.75) is 95.2 Å². The van der Waals surface area contributed by atoms with Gasteiger partial charge in [0.25, 0.3) is 30.1 Å². The maximum atomic E-state index is 14.1. The number of carbonyl (C=O) groups is 3. The van der Waals surface area contributed by atoms with Gasteiger partial charge in [0.15, 0.2) is 16.9 Å². The lowest BCUT2D eigenvalue weighted by molar-refractivity contribution is -0.117. The molecule has 0 bridgehead atoms. The van der Waals surface area contributed by atoms with Crippen LogP contribution in [0.25, 0.3) is 100 Å². The number of aryl methyl sites for hydroxylation is 3. The normalized spacial score (nSPS) is 12.3. The summed E-state index contributed by atoms with van der Waals surface area (Å²) in [5, 5.41) is 31.9. The van der Waals surface area contributed by atoms with Crippen molar-refractivity contribution < 1.29 is 59.4 Å². The van der Waals surface area contributed by atoms with E-state index in [1.54, 1.807) is 142 Å². The number of fused-ring (bicyclic) bond motifs is 8. The second kappa shape index (κ2) is 42.5. The number of H-pyrrole nitrogens is 1. The molecule has 8 aromatic heterocycles. The molecule has 0 spiro atoms. The Hall–Kier alpha value is -14.2. The van der Waals surface area contributed by atoms with Gasteiger partial charge in [-0.3, -0.25) is 34.4 Å². The monoisotopic (exact) mass is 2160 g/mol. The molecule has 0 saturated carbocycles. The molecule has 703 valence electrons. The predicted molar refractivity (Wildman–Crippen MR) is 571 cm³/mol. The molecule has 34 heteroatoms. The summed E-state index contributed by atoms with van der Waals surface area (Å²) in [4.78, 5) is 72.8. The maximum Gasteiger partial charge on any atom is 0.569 e. The van der Waals surface area contributed by atoms with Crippen LogP contribution in [-0.4, -0.2) is 134 Å². The second-order valence-electron chi connectivity index (χ2n) is 33.8. The third-order valence-corrected chi connectivity index (χ3v) is 31.2. The highest BCUT2D eigenvalue weighted by Gasteiger charge is 2.31. The number of aromatic amines is 1. The van der Waals surface area contributed by atoms with Crippen molar-refractivity contribution in [2.75, 3.05) is 5.32 Å². The van der Waals surface area contributed by atoms with Crippen molar-refractivity contribution in [1.29, 1.82) is 0 Å². The van der Waals surface area contributed by atoms with Crippen LogP contribution in [0.1, 0.15) is 93.1 Å².